The van der Waals surface area contributed by atoms with Crippen LogP contribution in [0.2, 0.25) is 0 Å². The SMILES string of the molecule is Cc1nn2c(=O)c(C(=O)NC3CC3)c(O)n(CC(C)C)c2c1C=CC(=O)N1CCCC12CCCNC2. The predicted molar refractivity (Wildman–Crippen MR) is 136 cm³/mol. The Hall–Kier alpha value is -3.14. The van der Waals surface area contributed by atoms with E-state index in [0.29, 0.717) is 23.4 Å². The number of aromatic nitrogens is 3. The van der Waals surface area contributed by atoms with Crippen molar-refractivity contribution in [3.63, 3.8) is 0 Å². The van der Waals surface area contributed by atoms with Crippen LogP contribution in [0, 0.1) is 12.8 Å². The summed E-state index contributed by atoms with van der Waals surface area (Å²) in [5.74, 6) is -0.886. The van der Waals surface area contributed by atoms with E-state index < -0.39 is 11.5 Å². The van der Waals surface area contributed by atoms with Crippen LogP contribution in [-0.2, 0) is 11.3 Å². The third kappa shape index (κ3) is 4.31. The molecule has 10 nitrogen and oxygen atoms in total. The number of carbonyl (C=O) groups is 2. The highest BCUT2D eigenvalue weighted by molar-refractivity contribution is 5.97. The maximum absolute atomic E-state index is 13.3. The van der Waals surface area contributed by atoms with E-state index in [4.69, 9.17) is 0 Å². The molecule has 3 N–H and O–H groups in total. The Balaban J connectivity index is 1.55. The van der Waals surface area contributed by atoms with Crippen molar-refractivity contribution in [3.05, 3.63) is 33.3 Å². The quantitative estimate of drug-likeness (QED) is 0.525. The number of fused-ring (bicyclic) bond motifs is 1. The molecule has 1 spiro atoms. The highest BCUT2D eigenvalue weighted by Gasteiger charge is 2.43. The van der Waals surface area contributed by atoms with E-state index in [0.717, 1.165) is 58.2 Å². The second-order valence-corrected chi connectivity index (χ2v) is 10.9. The first-order valence-electron chi connectivity index (χ1n) is 13.1. The van der Waals surface area contributed by atoms with E-state index in [2.05, 4.69) is 15.7 Å². The zero-order chi connectivity index (χ0) is 25.6. The van der Waals surface area contributed by atoms with E-state index in [1.165, 1.54) is 4.52 Å². The maximum Gasteiger partial charge on any atom is 0.291 e. The average Bonchev–Trinajstić information content (AvgIpc) is 3.46. The van der Waals surface area contributed by atoms with E-state index in [-0.39, 0.29) is 34.8 Å². The van der Waals surface area contributed by atoms with Gasteiger partial charge in [-0.25, -0.2) is 0 Å². The number of carbonyl (C=O) groups excluding carboxylic acids is 2. The number of likely N-dealkylation sites (tertiary alicyclic amines) is 1. The van der Waals surface area contributed by atoms with Crippen LogP contribution in [0.5, 0.6) is 5.88 Å². The second-order valence-electron chi connectivity index (χ2n) is 10.9. The summed E-state index contributed by atoms with van der Waals surface area (Å²) in [6.45, 7) is 8.65. The highest BCUT2D eigenvalue weighted by atomic mass is 16.3. The summed E-state index contributed by atoms with van der Waals surface area (Å²) in [6, 6.07) is 0.0441. The first-order chi connectivity index (χ1) is 17.2. The molecule has 2 aromatic heterocycles. The largest absolute Gasteiger partial charge is 0.494 e. The molecule has 1 atom stereocenters. The van der Waals surface area contributed by atoms with Crippen molar-refractivity contribution < 1.29 is 14.7 Å². The summed E-state index contributed by atoms with van der Waals surface area (Å²) in [4.78, 5) is 41.4. The Bertz CT molecular complexity index is 1280. The van der Waals surface area contributed by atoms with Crippen LogP contribution in [0.15, 0.2) is 10.9 Å². The fraction of sp³-hybridized carbons (Fsp3) is 0.615. The molecule has 0 aromatic carbocycles. The molecule has 2 amide bonds. The number of rotatable bonds is 6. The molecule has 1 saturated carbocycles. The lowest BCUT2D eigenvalue weighted by Gasteiger charge is -2.41. The second kappa shape index (κ2) is 9.38. The molecule has 194 valence electrons. The maximum atomic E-state index is 13.3. The van der Waals surface area contributed by atoms with Crippen molar-refractivity contribution in [2.75, 3.05) is 19.6 Å². The molecule has 3 fully saturated rings. The number of hydrogen-bond donors (Lipinski definition) is 3. The Kier molecular flexibility index (Phi) is 6.40. The number of aryl methyl sites for hydroxylation is 1. The van der Waals surface area contributed by atoms with E-state index in [1.54, 1.807) is 23.6 Å². The molecule has 5 rings (SSSR count). The van der Waals surface area contributed by atoms with Gasteiger partial charge in [0.2, 0.25) is 11.8 Å². The Morgan fingerprint density at radius 2 is 2.03 bits per heavy atom. The van der Waals surface area contributed by atoms with Crippen molar-refractivity contribution in [2.24, 2.45) is 5.92 Å². The fourth-order valence-electron chi connectivity index (χ4n) is 5.70. The average molecular weight is 497 g/mol. The lowest BCUT2D eigenvalue weighted by atomic mass is 9.87. The van der Waals surface area contributed by atoms with Gasteiger partial charge in [-0.1, -0.05) is 13.8 Å². The van der Waals surface area contributed by atoms with Crippen LogP contribution in [0.3, 0.4) is 0 Å². The standard InChI is InChI=1S/C26H36N6O4/c1-16(2)14-30-23-19(8-9-20(33)31-13-5-11-26(31)10-4-12-27-15-26)17(3)29-32(23)25(36)21(24(30)35)22(34)28-18-6-7-18/h8-9,16,18,27,35H,4-7,10-15H2,1-3H3,(H,28,34). The van der Waals surface area contributed by atoms with Crippen molar-refractivity contribution in [1.82, 2.24) is 29.7 Å². The fourth-order valence-corrected chi connectivity index (χ4v) is 5.70. The summed E-state index contributed by atoms with van der Waals surface area (Å²) in [5.41, 5.74) is 0.418. The van der Waals surface area contributed by atoms with Gasteiger partial charge in [0.1, 0.15) is 5.65 Å². The molecule has 1 unspecified atom stereocenters. The number of hydrogen-bond acceptors (Lipinski definition) is 6. The van der Waals surface area contributed by atoms with Crippen molar-refractivity contribution in [2.45, 2.75) is 77.4 Å². The molecular weight excluding hydrogens is 460 g/mol. The first kappa shape index (κ1) is 24.5. The van der Waals surface area contributed by atoms with Crippen LogP contribution in [-0.4, -0.2) is 67.2 Å². The van der Waals surface area contributed by atoms with Gasteiger partial charge in [0.05, 0.1) is 11.2 Å². The third-order valence-corrected chi connectivity index (χ3v) is 7.61. The van der Waals surface area contributed by atoms with E-state index in [1.807, 2.05) is 18.7 Å². The van der Waals surface area contributed by atoms with Gasteiger partial charge in [-0.3, -0.25) is 19.0 Å². The molecule has 10 heteroatoms. The minimum absolute atomic E-state index is 0.0441. The number of amides is 2. The Morgan fingerprint density at radius 1 is 1.28 bits per heavy atom. The molecule has 0 radical (unpaired) electrons. The van der Waals surface area contributed by atoms with Gasteiger partial charge in [0.25, 0.3) is 11.5 Å². The van der Waals surface area contributed by atoms with Gasteiger partial charge >= 0.3 is 0 Å². The van der Waals surface area contributed by atoms with Crippen LogP contribution in [0.1, 0.15) is 74.0 Å². The molecule has 3 aliphatic rings. The van der Waals surface area contributed by atoms with E-state index >= 15 is 0 Å². The highest BCUT2D eigenvalue weighted by Crippen LogP contribution is 2.35. The van der Waals surface area contributed by atoms with Crippen LogP contribution >= 0.6 is 0 Å². The number of aromatic hydroxyl groups is 1. The topological polar surface area (TPSA) is 121 Å². The zero-order valence-electron chi connectivity index (χ0n) is 21.3. The molecule has 1 aliphatic carbocycles. The molecule has 2 aromatic rings. The molecule has 2 aliphatic heterocycles. The van der Waals surface area contributed by atoms with Gasteiger partial charge in [-0.05, 0) is 64.0 Å². The molecule has 4 heterocycles. The Morgan fingerprint density at radius 3 is 2.69 bits per heavy atom. The third-order valence-electron chi connectivity index (χ3n) is 7.61. The number of nitrogens with one attached hydrogen (secondary N) is 2. The van der Waals surface area contributed by atoms with Crippen LogP contribution in [0.25, 0.3) is 11.7 Å². The summed E-state index contributed by atoms with van der Waals surface area (Å²) < 4.78 is 2.76. The van der Waals surface area contributed by atoms with Crippen molar-refractivity contribution in [1.29, 1.82) is 0 Å². The summed E-state index contributed by atoms with van der Waals surface area (Å²) in [7, 11) is 0. The lowest BCUT2D eigenvalue weighted by molar-refractivity contribution is -0.130. The summed E-state index contributed by atoms with van der Waals surface area (Å²) in [5, 5.41) is 21.8. The minimum Gasteiger partial charge on any atom is -0.494 e. The normalized spacial score (nSPS) is 22.4. The van der Waals surface area contributed by atoms with Gasteiger partial charge in [-0.15, -0.1) is 0 Å². The van der Waals surface area contributed by atoms with Gasteiger partial charge in [-0.2, -0.15) is 9.61 Å². The predicted octanol–water partition coefficient (Wildman–Crippen LogP) is 1.82. The van der Waals surface area contributed by atoms with Crippen LogP contribution in [0.4, 0.5) is 0 Å². The molecular formula is C26H36N6O4. The van der Waals surface area contributed by atoms with Crippen LogP contribution < -0.4 is 16.2 Å². The summed E-state index contributed by atoms with van der Waals surface area (Å²) >= 11 is 0. The molecule has 36 heavy (non-hydrogen) atoms. The smallest absolute Gasteiger partial charge is 0.291 e. The van der Waals surface area contributed by atoms with Crippen molar-refractivity contribution in [3.8, 4) is 5.88 Å². The monoisotopic (exact) mass is 496 g/mol. The first-order valence-corrected chi connectivity index (χ1v) is 13.1. The minimum atomic E-state index is -0.665. The molecule has 0 bridgehead atoms. The van der Waals surface area contributed by atoms with E-state index in [9.17, 15) is 19.5 Å². The van der Waals surface area contributed by atoms with Crippen molar-refractivity contribution >= 4 is 23.5 Å². The molecule has 2 saturated heterocycles. The Labute approximate surface area is 210 Å². The summed E-state index contributed by atoms with van der Waals surface area (Å²) in [6.07, 6.45) is 9.04. The lowest BCUT2D eigenvalue weighted by Crippen LogP contribution is -2.55. The van der Waals surface area contributed by atoms with Gasteiger partial charge in [0.15, 0.2) is 5.56 Å². The zero-order valence-corrected chi connectivity index (χ0v) is 21.3. The van der Waals surface area contributed by atoms with Gasteiger partial charge < -0.3 is 20.6 Å². The number of nitrogens with zero attached hydrogens (tertiary/aromatic N) is 4. The van der Waals surface area contributed by atoms with Gasteiger partial charge in [0, 0.05) is 37.3 Å². The number of piperidine rings is 1.